The number of alkyl halides is 3. The Labute approximate surface area is 364 Å². The number of aliphatic hydroxyl groups is 1. The van der Waals surface area contributed by atoms with Crippen molar-refractivity contribution < 1.29 is 86.0 Å². The molecule has 4 aromatic rings. The van der Waals surface area contributed by atoms with Crippen molar-refractivity contribution in [2.45, 2.75) is 75.5 Å². The maximum atomic E-state index is 13.9. The normalized spacial score (nSPS) is 22.3. The second kappa shape index (κ2) is 17.6. The molecule has 0 spiro atoms. The topological polar surface area (TPSA) is 268 Å². The molecule has 19 nitrogen and oxygen atoms in total. The van der Waals surface area contributed by atoms with Gasteiger partial charge in [-0.25, -0.2) is 14.4 Å². The molecular weight excluding hydrogens is 871 g/mol. The molecule has 340 valence electrons. The fourth-order valence-electron chi connectivity index (χ4n) is 7.92. The minimum absolute atomic E-state index is 0.0417. The Morgan fingerprint density at radius 1 is 0.938 bits per heavy atom. The minimum atomic E-state index is -5.43. The lowest BCUT2D eigenvalue weighted by atomic mass is 9.73. The van der Waals surface area contributed by atoms with Crippen LogP contribution in [0.15, 0.2) is 78.9 Å². The molecule has 1 unspecified atom stereocenters. The average molecular weight is 908 g/mol. The van der Waals surface area contributed by atoms with Crippen LogP contribution in [0.2, 0.25) is 0 Å². The quantitative estimate of drug-likeness (QED) is 0.0653. The van der Waals surface area contributed by atoms with Gasteiger partial charge in [-0.05, 0) is 31.2 Å². The number of ether oxygens (including phenoxy) is 4. The fourth-order valence-corrected chi connectivity index (χ4v) is 7.92. The maximum Gasteiger partial charge on any atom is 0.471 e. The Bertz CT molecular complexity index is 2610. The largest absolute Gasteiger partial charge is 0.507 e. The van der Waals surface area contributed by atoms with Crippen LogP contribution >= 0.6 is 0 Å². The average Bonchev–Trinajstić information content (AvgIpc) is 3.26. The molecule has 0 radical (unpaired) electrons. The number of rotatable bonds is 9. The summed E-state index contributed by atoms with van der Waals surface area (Å²) in [4.78, 5) is 93.9. The Balaban J connectivity index is 1.24. The third-order valence-electron chi connectivity index (χ3n) is 10.8. The highest BCUT2D eigenvalue weighted by Gasteiger charge is 2.50. The molecule has 0 aromatic heterocycles. The van der Waals surface area contributed by atoms with E-state index in [1.165, 1.54) is 55.5 Å². The van der Waals surface area contributed by atoms with Gasteiger partial charge in [-0.1, -0.05) is 42.5 Å². The van der Waals surface area contributed by atoms with Crippen LogP contribution in [0, 0.1) is 10.1 Å². The number of hydrogen-bond donors (Lipinski definition) is 4. The van der Waals surface area contributed by atoms with Gasteiger partial charge in [-0.15, -0.1) is 5.06 Å². The molecule has 4 N–H and O–H groups in total. The number of para-hydroxylation sites is 1. The molecule has 7 rings (SSSR count). The lowest BCUT2D eigenvalue weighted by Crippen LogP contribution is -2.58. The molecule has 1 aliphatic heterocycles. The van der Waals surface area contributed by atoms with Crippen molar-refractivity contribution in [2.75, 3.05) is 11.7 Å². The fraction of sp³-hybridized carbons (Fsp3) is 0.302. The zero-order valence-corrected chi connectivity index (χ0v) is 33.9. The number of phenols is 2. The van der Waals surface area contributed by atoms with E-state index in [4.69, 9.17) is 23.8 Å². The summed E-state index contributed by atoms with van der Waals surface area (Å²) in [6.45, 7) is 1.31. The second-order valence-electron chi connectivity index (χ2n) is 15.3. The van der Waals surface area contributed by atoms with Crippen LogP contribution in [0.4, 0.5) is 29.3 Å². The summed E-state index contributed by atoms with van der Waals surface area (Å²) >= 11 is 0. The predicted molar refractivity (Wildman–Crippen MR) is 211 cm³/mol. The van der Waals surface area contributed by atoms with Gasteiger partial charge in [0.25, 0.3) is 5.69 Å². The summed E-state index contributed by atoms with van der Waals surface area (Å²) in [7, 11) is 0. The number of phenolic OH excluding ortho intramolecular Hbond substituents is 2. The van der Waals surface area contributed by atoms with Gasteiger partial charge in [0.1, 0.15) is 29.8 Å². The second-order valence-corrected chi connectivity index (χ2v) is 15.3. The molecule has 3 aliphatic rings. The molecule has 0 bridgehead atoms. The van der Waals surface area contributed by atoms with E-state index in [1.54, 1.807) is 11.4 Å². The van der Waals surface area contributed by atoms with Crippen LogP contribution < -0.4 is 10.4 Å². The first-order chi connectivity index (χ1) is 30.7. The number of ketones is 2. The number of esters is 1. The summed E-state index contributed by atoms with van der Waals surface area (Å²) in [5.41, 5.74) is -5.07. The number of aromatic hydroxyl groups is 2. The summed E-state index contributed by atoms with van der Waals surface area (Å²) in [6, 6.07) is 15.3. The molecule has 2 amide bonds. The van der Waals surface area contributed by atoms with E-state index in [9.17, 15) is 67.4 Å². The Hall–Kier alpha value is -7.43. The van der Waals surface area contributed by atoms with E-state index in [1.807, 2.05) is 0 Å². The van der Waals surface area contributed by atoms with E-state index in [0.717, 1.165) is 31.2 Å². The highest BCUT2D eigenvalue weighted by Crippen LogP contribution is 2.52. The van der Waals surface area contributed by atoms with E-state index < -0.39 is 131 Å². The number of amides is 2. The molecule has 65 heavy (non-hydrogen) atoms. The van der Waals surface area contributed by atoms with Gasteiger partial charge in [0.15, 0.2) is 17.9 Å². The maximum absolute atomic E-state index is 13.9. The predicted octanol–water partition coefficient (Wildman–Crippen LogP) is 5.05. The van der Waals surface area contributed by atoms with Gasteiger partial charge >= 0.3 is 30.1 Å². The number of fused-ring (bicyclic) bond motifs is 3. The number of carbonyl (C=O) groups is 6. The first-order valence-corrected chi connectivity index (χ1v) is 19.5. The lowest BCUT2D eigenvalue weighted by molar-refractivity contribution is -0.384. The highest BCUT2D eigenvalue weighted by atomic mass is 19.4. The van der Waals surface area contributed by atoms with E-state index in [-0.39, 0.29) is 39.2 Å². The van der Waals surface area contributed by atoms with Gasteiger partial charge in [0, 0.05) is 60.6 Å². The Morgan fingerprint density at radius 2 is 1.54 bits per heavy atom. The number of nitro groups is 1. The Kier molecular flexibility index (Phi) is 12.4. The molecule has 1 heterocycles. The Morgan fingerprint density at radius 3 is 2.12 bits per heavy atom. The monoisotopic (exact) mass is 907 g/mol. The van der Waals surface area contributed by atoms with Crippen molar-refractivity contribution in [1.82, 2.24) is 5.32 Å². The van der Waals surface area contributed by atoms with Crippen LogP contribution in [0.1, 0.15) is 86.1 Å². The van der Waals surface area contributed by atoms with Crippen molar-refractivity contribution in [3.8, 4) is 11.5 Å². The van der Waals surface area contributed by atoms with Crippen LogP contribution in [0.25, 0.3) is 0 Å². The SMILES string of the molecule is CC(=O)ON(C(=O)OCC1(O)Cc2c(O)c3c(c(O)c2[C@@H](O[C@H]2C[C@H](NC(=O)C(F)(F)F)[C@@H](OC(=O)c4ccc([N+](=O)[O-])cc4)[C@@H](C)O2)C1)C(=O)c1ccccc1C3=O)c1ccccc1. The van der Waals surface area contributed by atoms with Crippen LogP contribution in [-0.4, -0.2) is 98.7 Å². The van der Waals surface area contributed by atoms with Crippen LogP contribution in [0.3, 0.4) is 0 Å². The van der Waals surface area contributed by atoms with Gasteiger partial charge < -0.3 is 44.4 Å². The molecule has 22 heteroatoms. The number of nitrogens with one attached hydrogen (secondary N) is 1. The lowest BCUT2D eigenvalue weighted by Gasteiger charge is -2.44. The number of hydroxylamine groups is 1. The third-order valence-corrected chi connectivity index (χ3v) is 10.8. The summed E-state index contributed by atoms with van der Waals surface area (Å²) in [6.07, 6.45) is -15.3. The van der Waals surface area contributed by atoms with E-state index in [2.05, 4.69) is 0 Å². The third kappa shape index (κ3) is 9.17. The molecule has 1 fully saturated rings. The van der Waals surface area contributed by atoms with Crippen molar-refractivity contribution in [1.29, 1.82) is 0 Å². The number of anilines is 1. The van der Waals surface area contributed by atoms with Gasteiger partial charge in [0.05, 0.1) is 45.6 Å². The smallest absolute Gasteiger partial charge is 0.471 e. The number of carbonyl (C=O) groups excluding carboxylic acids is 6. The van der Waals surface area contributed by atoms with E-state index >= 15 is 0 Å². The molecule has 1 saturated heterocycles. The van der Waals surface area contributed by atoms with Gasteiger partial charge in [-0.2, -0.15) is 13.2 Å². The van der Waals surface area contributed by atoms with Crippen LogP contribution in [-0.2, 0) is 39.8 Å². The number of non-ortho nitro benzene ring substituents is 1. The van der Waals surface area contributed by atoms with Gasteiger partial charge in [-0.3, -0.25) is 24.5 Å². The van der Waals surface area contributed by atoms with Crippen LogP contribution in [0.5, 0.6) is 11.5 Å². The van der Waals surface area contributed by atoms with Crippen molar-refractivity contribution in [2.24, 2.45) is 0 Å². The minimum Gasteiger partial charge on any atom is -0.507 e. The first-order valence-electron chi connectivity index (χ1n) is 19.5. The number of halogens is 3. The molecule has 4 aromatic carbocycles. The molecule has 2 aliphatic carbocycles. The van der Waals surface area contributed by atoms with Crippen molar-refractivity contribution in [3.05, 3.63) is 128 Å². The number of benzene rings is 4. The first kappa shape index (κ1) is 45.6. The zero-order chi connectivity index (χ0) is 47.1. The highest BCUT2D eigenvalue weighted by molar-refractivity contribution is 6.30. The van der Waals surface area contributed by atoms with Gasteiger partial charge in [0.2, 0.25) is 0 Å². The number of nitro benzene ring substituents is 1. The summed E-state index contributed by atoms with van der Waals surface area (Å²) in [5.74, 6) is -8.00. The number of hydrogen-bond acceptors (Lipinski definition) is 16. The summed E-state index contributed by atoms with van der Waals surface area (Å²) < 4.78 is 64.0. The standard InChI is InChI=1S/C43H36F3N3O16/c1-20-38(64-39(55)22-12-14-24(15-13-22)49(59)60)28(47-40(56)43(44,45)46)16-30(62-20)63-29-18-42(58,19-61-41(57)48(65-21(2)50)23-8-4-3-5-9-23)17-27-31(29)37(54)33-32(36(27)53)34(51)25-10-6-7-11-26(25)35(33)52/h3-15,20,28-30,38,53-54,58H,16-19H2,1-2H3,(H,47,56)/t20-,28+,29+,30+,38+,42?/m1/s1. The van der Waals surface area contributed by atoms with Crippen molar-refractivity contribution >= 4 is 46.9 Å². The van der Waals surface area contributed by atoms with E-state index in [0.29, 0.717) is 5.06 Å². The van der Waals surface area contributed by atoms with Crippen molar-refractivity contribution in [3.63, 3.8) is 0 Å². The molecule has 6 atom stereocenters. The molecular formula is C43H36F3N3O16. The number of nitrogens with zero attached hydrogens (tertiary/aromatic N) is 2. The molecule has 0 saturated carbocycles. The summed E-state index contributed by atoms with van der Waals surface area (Å²) in [5, 5.41) is 49.2. The zero-order valence-electron chi connectivity index (χ0n) is 33.9.